The van der Waals surface area contributed by atoms with Crippen LogP contribution in [0.2, 0.25) is 0 Å². The van der Waals surface area contributed by atoms with Crippen molar-refractivity contribution < 1.29 is 18.0 Å². The molecule has 0 aliphatic carbocycles. The van der Waals surface area contributed by atoms with Crippen LogP contribution in [0.3, 0.4) is 0 Å². The number of carbonyl (C=O) groups is 1. The minimum atomic E-state index is -0.785. The van der Waals surface area contributed by atoms with E-state index in [1.54, 1.807) is 0 Å². The van der Waals surface area contributed by atoms with E-state index in [1.807, 2.05) is 19.2 Å². The van der Waals surface area contributed by atoms with Crippen molar-refractivity contribution in [3.8, 4) is 11.3 Å². The van der Waals surface area contributed by atoms with Crippen molar-refractivity contribution in [1.29, 1.82) is 0 Å². The van der Waals surface area contributed by atoms with E-state index >= 15 is 0 Å². The molecule has 144 valence electrons. The number of hydrogen-bond donors (Lipinski definition) is 1. The summed E-state index contributed by atoms with van der Waals surface area (Å²) < 4.78 is 33.7. The predicted molar refractivity (Wildman–Crippen MR) is 106 cm³/mol. The Kier molecular flexibility index (Phi) is 4.41. The summed E-state index contributed by atoms with van der Waals surface area (Å²) in [6.07, 6.45) is 1.84. The molecule has 1 N–H and O–H groups in total. The topological polar surface area (TPSA) is 45.5 Å². The van der Waals surface area contributed by atoms with Crippen LogP contribution < -0.4 is 10.2 Å². The minimum Gasteiger partial charge on any atom is -0.455 e. The molecule has 28 heavy (non-hydrogen) atoms. The van der Waals surface area contributed by atoms with E-state index in [-0.39, 0.29) is 16.9 Å². The van der Waals surface area contributed by atoms with Crippen LogP contribution in [0.1, 0.15) is 28.8 Å². The highest BCUT2D eigenvalue weighted by Crippen LogP contribution is 2.41. The fourth-order valence-corrected chi connectivity index (χ4v) is 3.73. The fraction of sp³-hybridized carbons (Fsp3) is 0.227. The number of allylic oxidation sites excluding steroid dienone is 1. The third kappa shape index (κ3) is 2.85. The number of nitrogens with zero attached hydrogens (tertiary/aromatic N) is 1. The lowest BCUT2D eigenvalue weighted by Crippen LogP contribution is -2.19. The molecule has 0 bridgehead atoms. The SMILES string of the molecule is C=C1CCCN(C)c2cc3oc(-c4ccc(F)cc4F)c(C(=O)NC)c3cc21. The molecule has 3 aromatic rings. The van der Waals surface area contributed by atoms with Crippen LogP contribution in [0.25, 0.3) is 27.9 Å². The molecule has 0 radical (unpaired) electrons. The Morgan fingerprint density at radius 3 is 2.71 bits per heavy atom. The minimum absolute atomic E-state index is 0.0403. The van der Waals surface area contributed by atoms with Crippen LogP contribution in [-0.2, 0) is 0 Å². The highest BCUT2D eigenvalue weighted by atomic mass is 19.1. The average molecular weight is 382 g/mol. The van der Waals surface area contributed by atoms with E-state index in [2.05, 4.69) is 16.8 Å². The molecule has 0 unspecified atom stereocenters. The van der Waals surface area contributed by atoms with Gasteiger partial charge in [0, 0.05) is 49.4 Å². The van der Waals surface area contributed by atoms with Crippen molar-refractivity contribution in [2.45, 2.75) is 12.8 Å². The predicted octanol–water partition coefficient (Wildman–Crippen LogP) is 4.98. The van der Waals surface area contributed by atoms with E-state index in [1.165, 1.54) is 13.1 Å². The van der Waals surface area contributed by atoms with Crippen LogP contribution in [-0.4, -0.2) is 26.5 Å². The Hall–Kier alpha value is -3.15. The molecule has 1 aliphatic heterocycles. The molecule has 0 saturated heterocycles. The number of halogens is 2. The molecule has 0 saturated carbocycles. The van der Waals surface area contributed by atoms with E-state index in [0.717, 1.165) is 48.3 Å². The maximum absolute atomic E-state index is 14.4. The maximum Gasteiger partial charge on any atom is 0.255 e. The van der Waals surface area contributed by atoms with Crippen molar-refractivity contribution in [2.24, 2.45) is 0 Å². The van der Waals surface area contributed by atoms with Crippen molar-refractivity contribution in [2.75, 3.05) is 25.5 Å². The summed E-state index contributed by atoms with van der Waals surface area (Å²) >= 11 is 0. The standard InChI is InChI=1S/C22H20F2N2O2/c1-12-5-4-8-26(3)18-11-19-16(10-15(12)18)20(22(27)25-2)21(28-19)14-7-6-13(23)9-17(14)24/h6-7,9-11H,1,4-5,8H2,2-3H3,(H,25,27). The Morgan fingerprint density at radius 1 is 1.21 bits per heavy atom. The van der Waals surface area contributed by atoms with Gasteiger partial charge in [0.05, 0.1) is 11.1 Å². The molecule has 4 rings (SSSR count). The summed E-state index contributed by atoms with van der Waals surface area (Å²) in [6, 6.07) is 6.95. The Balaban J connectivity index is 2.04. The second-order valence-corrected chi connectivity index (χ2v) is 7.00. The molecule has 1 amide bonds. The van der Waals surface area contributed by atoms with Crippen LogP contribution in [0, 0.1) is 11.6 Å². The fourth-order valence-electron chi connectivity index (χ4n) is 3.73. The van der Waals surface area contributed by atoms with Gasteiger partial charge in [-0.05, 0) is 36.6 Å². The van der Waals surface area contributed by atoms with Gasteiger partial charge in [0.25, 0.3) is 5.91 Å². The van der Waals surface area contributed by atoms with Crippen LogP contribution in [0.5, 0.6) is 0 Å². The largest absolute Gasteiger partial charge is 0.455 e. The summed E-state index contributed by atoms with van der Waals surface area (Å²) in [5.74, 6) is -1.79. The number of benzene rings is 2. The van der Waals surface area contributed by atoms with E-state index < -0.39 is 17.5 Å². The second kappa shape index (κ2) is 6.78. The van der Waals surface area contributed by atoms with Crippen molar-refractivity contribution in [3.05, 3.63) is 59.7 Å². The summed E-state index contributed by atoms with van der Waals surface area (Å²) in [5, 5.41) is 3.16. The van der Waals surface area contributed by atoms with Gasteiger partial charge >= 0.3 is 0 Å². The number of nitrogens with one attached hydrogen (secondary N) is 1. The lowest BCUT2D eigenvalue weighted by atomic mass is 9.98. The molecule has 1 aromatic heterocycles. The molecule has 0 spiro atoms. The molecule has 2 aromatic carbocycles. The molecule has 4 nitrogen and oxygen atoms in total. The van der Waals surface area contributed by atoms with Crippen LogP contribution >= 0.6 is 0 Å². The molecular formula is C22H20F2N2O2. The third-order valence-electron chi connectivity index (χ3n) is 5.20. The summed E-state index contributed by atoms with van der Waals surface area (Å²) in [7, 11) is 3.49. The number of amides is 1. The van der Waals surface area contributed by atoms with Gasteiger partial charge in [0.2, 0.25) is 0 Å². The first-order valence-corrected chi connectivity index (χ1v) is 9.08. The van der Waals surface area contributed by atoms with Gasteiger partial charge in [-0.15, -0.1) is 0 Å². The maximum atomic E-state index is 14.4. The van der Waals surface area contributed by atoms with E-state index in [4.69, 9.17) is 4.42 Å². The van der Waals surface area contributed by atoms with Crippen LogP contribution in [0.4, 0.5) is 14.5 Å². The van der Waals surface area contributed by atoms with Crippen molar-refractivity contribution >= 4 is 28.1 Å². The first-order valence-electron chi connectivity index (χ1n) is 9.08. The second-order valence-electron chi connectivity index (χ2n) is 7.00. The zero-order valence-corrected chi connectivity index (χ0v) is 15.7. The third-order valence-corrected chi connectivity index (χ3v) is 5.20. The monoisotopic (exact) mass is 382 g/mol. The molecule has 0 fully saturated rings. The van der Waals surface area contributed by atoms with Gasteiger partial charge in [0.1, 0.15) is 17.2 Å². The lowest BCUT2D eigenvalue weighted by molar-refractivity contribution is 0.0964. The van der Waals surface area contributed by atoms with E-state index in [0.29, 0.717) is 11.0 Å². The number of anilines is 1. The first-order chi connectivity index (χ1) is 13.4. The van der Waals surface area contributed by atoms with Gasteiger partial charge in [0.15, 0.2) is 5.76 Å². The molecule has 2 heterocycles. The molecule has 0 atom stereocenters. The number of carbonyl (C=O) groups excluding carboxylic acids is 1. The summed E-state index contributed by atoms with van der Waals surface area (Å²) in [4.78, 5) is 14.8. The van der Waals surface area contributed by atoms with Crippen molar-refractivity contribution in [1.82, 2.24) is 5.32 Å². The Morgan fingerprint density at radius 2 is 2.00 bits per heavy atom. The summed E-state index contributed by atoms with van der Waals surface area (Å²) in [6.45, 7) is 5.06. The zero-order chi connectivity index (χ0) is 20.0. The highest BCUT2D eigenvalue weighted by molar-refractivity contribution is 6.12. The van der Waals surface area contributed by atoms with Gasteiger partial charge in [-0.3, -0.25) is 4.79 Å². The number of furan rings is 1. The van der Waals surface area contributed by atoms with E-state index in [9.17, 15) is 13.6 Å². The smallest absolute Gasteiger partial charge is 0.255 e. The number of rotatable bonds is 2. The van der Waals surface area contributed by atoms with Gasteiger partial charge < -0.3 is 14.6 Å². The molecular weight excluding hydrogens is 362 g/mol. The van der Waals surface area contributed by atoms with Gasteiger partial charge in [-0.25, -0.2) is 8.78 Å². The van der Waals surface area contributed by atoms with Gasteiger partial charge in [-0.1, -0.05) is 6.58 Å². The van der Waals surface area contributed by atoms with Gasteiger partial charge in [-0.2, -0.15) is 0 Å². The molecule has 1 aliphatic rings. The lowest BCUT2D eigenvalue weighted by Gasteiger charge is -2.19. The summed E-state index contributed by atoms with van der Waals surface area (Å²) in [5.41, 5.74) is 3.63. The Bertz CT molecular complexity index is 1120. The quantitative estimate of drug-likeness (QED) is 0.680. The zero-order valence-electron chi connectivity index (χ0n) is 15.7. The van der Waals surface area contributed by atoms with Crippen LogP contribution in [0.15, 0.2) is 41.3 Å². The highest BCUT2D eigenvalue weighted by Gasteiger charge is 2.26. The number of fused-ring (bicyclic) bond motifs is 2. The Labute approximate surface area is 161 Å². The average Bonchev–Trinajstić information content (AvgIpc) is 2.97. The number of hydrogen-bond acceptors (Lipinski definition) is 3. The molecule has 6 heteroatoms. The first kappa shape index (κ1) is 18.2. The van der Waals surface area contributed by atoms with Crippen molar-refractivity contribution in [3.63, 3.8) is 0 Å². The normalized spacial score (nSPS) is 14.1.